The van der Waals surface area contributed by atoms with Gasteiger partial charge in [-0.1, -0.05) is 53.7 Å². The summed E-state index contributed by atoms with van der Waals surface area (Å²) < 4.78 is 7.24. The lowest BCUT2D eigenvalue weighted by atomic mass is 10.2. The van der Waals surface area contributed by atoms with Gasteiger partial charge in [0.05, 0.1) is 18.6 Å². The van der Waals surface area contributed by atoms with Crippen molar-refractivity contribution >= 4 is 35.5 Å². The predicted molar refractivity (Wildman–Crippen MR) is 138 cm³/mol. The number of phenolic OH excluding ortho intramolecular Hbond substituents is 1. The molecule has 0 unspecified atom stereocenters. The van der Waals surface area contributed by atoms with Crippen molar-refractivity contribution in [1.29, 1.82) is 0 Å². The van der Waals surface area contributed by atoms with Crippen LogP contribution in [0.1, 0.15) is 12.5 Å². The van der Waals surface area contributed by atoms with Gasteiger partial charge in [-0.05, 0) is 55.0 Å². The van der Waals surface area contributed by atoms with Gasteiger partial charge in [0, 0.05) is 16.3 Å². The lowest BCUT2D eigenvalue weighted by Gasteiger charge is -2.10. The first-order valence-electron chi connectivity index (χ1n) is 10.7. The van der Waals surface area contributed by atoms with Crippen LogP contribution >= 0.6 is 23.4 Å². The minimum atomic E-state index is -0.304. The number of ether oxygens (including phenoxy) is 1. The van der Waals surface area contributed by atoms with Crippen molar-refractivity contribution in [2.24, 2.45) is 5.10 Å². The van der Waals surface area contributed by atoms with E-state index >= 15 is 0 Å². The van der Waals surface area contributed by atoms with Crippen molar-refractivity contribution in [1.82, 2.24) is 20.2 Å². The molecule has 10 heteroatoms. The van der Waals surface area contributed by atoms with Crippen molar-refractivity contribution < 1.29 is 14.6 Å². The van der Waals surface area contributed by atoms with Crippen LogP contribution in [0.4, 0.5) is 0 Å². The van der Waals surface area contributed by atoms with Gasteiger partial charge in [-0.15, -0.1) is 10.2 Å². The molecule has 0 radical (unpaired) electrons. The van der Waals surface area contributed by atoms with Crippen LogP contribution in [0.5, 0.6) is 11.5 Å². The molecule has 0 aliphatic carbocycles. The summed E-state index contributed by atoms with van der Waals surface area (Å²) in [6, 6.07) is 21.9. The summed E-state index contributed by atoms with van der Waals surface area (Å²) >= 11 is 7.31. The smallest absolute Gasteiger partial charge is 0.250 e. The van der Waals surface area contributed by atoms with Gasteiger partial charge in [0.2, 0.25) is 0 Å². The molecule has 4 aromatic rings. The number of hydrogen-bond donors (Lipinski definition) is 2. The number of aromatic nitrogens is 3. The number of thioether (sulfide) groups is 1. The Bertz CT molecular complexity index is 1330. The van der Waals surface area contributed by atoms with Crippen LogP contribution in [0.15, 0.2) is 83.1 Å². The molecule has 0 saturated carbocycles. The zero-order valence-corrected chi connectivity index (χ0v) is 20.3. The van der Waals surface area contributed by atoms with E-state index in [2.05, 4.69) is 20.7 Å². The number of benzene rings is 3. The van der Waals surface area contributed by atoms with Crippen molar-refractivity contribution in [3.05, 3.63) is 83.4 Å². The number of nitrogens with zero attached hydrogens (tertiary/aromatic N) is 4. The van der Waals surface area contributed by atoms with E-state index in [1.807, 2.05) is 54.0 Å². The highest BCUT2D eigenvalue weighted by atomic mass is 35.5. The predicted octanol–water partition coefficient (Wildman–Crippen LogP) is 4.93. The average Bonchev–Trinajstić information content (AvgIpc) is 3.30. The topological polar surface area (TPSA) is 102 Å². The molecule has 3 aromatic carbocycles. The molecule has 35 heavy (non-hydrogen) atoms. The molecule has 1 amide bonds. The summed E-state index contributed by atoms with van der Waals surface area (Å²) in [5, 5.41) is 23.6. The number of carbonyl (C=O) groups excluding carboxylic acids is 1. The highest BCUT2D eigenvalue weighted by molar-refractivity contribution is 7.99. The molecule has 2 N–H and O–H groups in total. The van der Waals surface area contributed by atoms with E-state index < -0.39 is 0 Å². The molecule has 0 spiro atoms. The van der Waals surface area contributed by atoms with E-state index in [0.717, 1.165) is 11.3 Å². The number of nitrogens with one attached hydrogen (secondary N) is 1. The first-order chi connectivity index (χ1) is 17.0. The molecular formula is C25H22ClN5O3S. The minimum absolute atomic E-state index is 0.0455. The Morgan fingerprint density at radius 1 is 1.14 bits per heavy atom. The molecule has 4 rings (SSSR count). The van der Waals surface area contributed by atoms with E-state index in [1.54, 1.807) is 24.3 Å². The minimum Gasteiger partial charge on any atom is -0.504 e. The summed E-state index contributed by atoms with van der Waals surface area (Å²) in [6.07, 6.45) is 1.48. The third-order valence-corrected chi connectivity index (χ3v) is 5.95. The number of hydrazone groups is 1. The summed E-state index contributed by atoms with van der Waals surface area (Å²) in [4.78, 5) is 12.4. The summed E-state index contributed by atoms with van der Waals surface area (Å²) in [5.74, 6) is 0.837. The number of aromatic hydroxyl groups is 1. The number of rotatable bonds is 9. The molecule has 0 saturated heterocycles. The summed E-state index contributed by atoms with van der Waals surface area (Å²) in [6.45, 7) is 2.25. The first-order valence-corrected chi connectivity index (χ1v) is 12.1. The van der Waals surface area contributed by atoms with Gasteiger partial charge in [0.25, 0.3) is 5.91 Å². The maximum atomic E-state index is 12.4. The molecular weight excluding hydrogens is 486 g/mol. The second-order valence-corrected chi connectivity index (χ2v) is 8.60. The fraction of sp³-hybridized carbons (Fsp3) is 0.120. The SMILES string of the molecule is CCOc1cc(/C=N/NC(=O)CSc2nnc(-c3ccccc3)n2-c2ccc(Cl)cc2)ccc1O. The lowest BCUT2D eigenvalue weighted by Crippen LogP contribution is -2.20. The van der Waals surface area contributed by atoms with Crippen LogP contribution < -0.4 is 10.2 Å². The average molecular weight is 508 g/mol. The number of halogens is 1. The third-order valence-electron chi connectivity index (χ3n) is 4.77. The molecule has 1 heterocycles. The largest absolute Gasteiger partial charge is 0.504 e. The van der Waals surface area contributed by atoms with Crippen LogP contribution in [0, 0.1) is 0 Å². The Balaban J connectivity index is 1.46. The van der Waals surface area contributed by atoms with Crippen molar-refractivity contribution in [2.75, 3.05) is 12.4 Å². The van der Waals surface area contributed by atoms with Gasteiger partial charge < -0.3 is 9.84 Å². The Hall–Kier alpha value is -3.82. The molecule has 0 aliphatic rings. The standard InChI is InChI=1S/C25H22ClN5O3S/c1-2-34-22-14-17(8-13-21(22)32)15-27-28-23(33)16-35-25-30-29-24(18-6-4-3-5-7-18)31(25)20-11-9-19(26)10-12-20/h3-15,32H,2,16H2,1H3,(H,28,33)/b27-15+. The van der Waals surface area contributed by atoms with E-state index in [1.165, 1.54) is 24.0 Å². The Labute approximate surface area is 211 Å². The number of carbonyl (C=O) groups is 1. The molecule has 0 bridgehead atoms. The number of hydrogen-bond acceptors (Lipinski definition) is 7. The number of phenols is 1. The van der Waals surface area contributed by atoms with Crippen molar-refractivity contribution in [3.8, 4) is 28.6 Å². The van der Waals surface area contributed by atoms with Gasteiger partial charge in [0.1, 0.15) is 0 Å². The second kappa shape index (κ2) is 11.5. The van der Waals surface area contributed by atoms with E-state index in [9.17, 15) is 9.90 Å². The van der Waals surface area contributed by atoms with E-state index in [0.29, 0.717) is 33.9 Å². The lowest BCUT2D eigenvalue weighted by molar-refractivity contribution is -0.118. The monoisotopic (exact) mass is 507 g/mol. The van der Waals surface area contributed by atoms with Crippen molar-refractivity contribution in [2.45, 2.75) is 12.1 Å². The van der Waals surface area contributed by atoms with Crippen LogP contribution in [-0.2, 0) is 4.79 Å². The molecule has 0 atom stereocenters. The molecule has 1 aromatic heterocycles. The third kappa shape index (κ3) is 6.20. The highest BCUT2D eigenvalue weighted by Crippen LogP contribution is 2.29. The fourth-order valence-electron chi connectivity index (χ4n) is 3.18. The second-order valence-electron chi connectivity index (χ2n) is 7.23. The van der Waals surface area contributed by atoms with E-state index in [-0.39, 0.29) is 17.4 Å². The normalized spacial score (nSPS) is 11.0. The van der Waals surface area contributed by atoms with Gasteiger partial charge in [-0.2, -0.15) is 5.10 Å². The quantitative estimate of drug-likeness (QED) is 0.189. The maximum absolute atomic E-state index is 12.4. The van der Waals surface area contributed by atoms with Gasteiger partial charge in [-0.25, -0.2) is 5.43 Å². The zero-order chi connectivity index (χ0) is 24.6. The molecule has 0 aliphatic heterocycles. The van der Waals surface area contributed by atoms with Crippen LogP contribution in [-0.4, -0.2) is 44.4 Å². The van der Waals surface area contributed by atoms with Crippen LogP contribution in [0.2, 0.25) is 5.02 Å². The van der Waals surface area contributed by atoms with Gasteiger partial charge >= 0.3 is 0 Å². The summed E-state index contributed by atoms with van der Waals surface area (Å²) in [7, 11) is 0. The number of amides is 1. The maximum Gasteiger partial charge on any atom is 0.250 e. The van der Waals surface area contributed by atoms with E-state index in [4.69, 9.17) is 16.3 Å². The molecule has 0 fully saturated rings. The first kappa shape index (κ1) is 24.3. The van der Waals surface area contributed by atoms with Crippen LogP contribution in [0.3, 0.4) is 0 Å². The van der Waals surface area contributed by atoms with Crippen LogP contribution in [0.25, 0.3) is 17.1 Å². The van der Waals surface area contributed by atoms with Gasteiger partial charge in [0.15, 0.2) is 22.5 Å². The van der Waals surface area contributed by atoms with Crippen molar-refractivity contribution in [3.63, 3.8) is 0 Å². The highest BCUT2D eigenvalue weighted by Gasteiger charge is 2.17. The Morgan fingerprint density at radius 3 is 2.66 bits per heavy atom. The Kier molecular flexibility index (Phi) is 8.02. The Morgan fingerprint density at radius 2 is 1.91 bits per heavy atom. The zero-order valence-electron chi connectivity index (χ0n) is 18.8. The summed E-state index contributed by atoms with van der Waals surface area (Å²) in [5.41, 5.74) is 4.91. The van der Waals surface area contributed by atoms with Gasteiger partial charge in [-0.3, -0.25) is 9.36 Å². The molecule has 178 valence electrons. The molecule has 8 nitrogen and oxygen atoms in total. The fourth-order valence-corrected chi connectivity index (χ4v) is 4.05.